The number of hydrogen-bond acceptors (Lipinski definition) is 11. The van der Waals surface area contributed by atoms with Gasteiger partial charge in [0.25, 0.3) is 0 Å². The second kappa shape index (κ2) is 8.29. The number of ether oxygens (including phenoxy) is 1. The molecule has 6 N–H and O–H groups in total. The van der Waals surface area contributed by atoms with Gasteiger partial charge in [-0.05, 0) is 5.75 Å². The van der Waals surface area contributed by atoms with E-state index in [9.17, 15) is 24.5 Å². The van der Waals surface area contributed by atoms with Crippen molar-refractivity contribution in [3.63, 3.8) is 0 Å². The average Bonchev–Trinajstić information content (AvgIpc) is 3.16. The molecule has 1 saturated heterocycles. The zero-order valence-corrected chi connectivity index (χ0v) is 16.1. The predicted octanol–water partition coefficient (Wildman–Crippen LogP) is -1.42. The number of hydrogen-bond donors (Lipinski definition) is 6. The number of fused-ring (bicyclic) bond motifs is 1. The summed E-state index contributed by atoms with van der Waals surface area (Å²) >= 11 is 3.85. The van der Waals surface area contributed by atoms with E-state index in [4.69, 9.17) is 15.0 Å². The second-order valence-electron chi connectivity index (χ2n) is 5.95. The maximum absolute atomic E-state index is 11.9. The Labute approximate surface area is 163 Å². The normalized spacial score (nSPS) is 27.0. The molecule has 0 aromatic carbocycles. The summed E-state index contributed by atoms with van der Waals surface area (Å²) in [5.41, 5.74) is 6.28. The summed E-state index contributed by atoms with van der Waals surface area (Å²) in [6.07, 6.45) is -2.64. The van der Waals surface area contributed by atoms with Gasteiger partial charge in [-0.15, -0.1) is 0 Å². The third kappa shape index (κ3) is 4.27. The van der Waals surface area contributed by atoms with Gasteiger partial charge in [-0.25, -0.2) is 19.5 Å². The Morgan fingerprint density at radius 1 is 1.39 bits per heavy atom. The quantitative estimate of drug-likeness (QED) is 0.221. The van der Waals surface area contributed by atoms with Crippen molar-refractivity contribution >= 4 is 43.3 Å². The maximum atomic E-state index is 11.9. The molecule has 1 amide bonds. The number of carbonyl (C=O) groups is 1. The van der Waals surface area contributed by atoms with Crippen LogP contribution in [-0.4, -0.2) is 71.2 Å². The van der Waals surface area contributed by atoms with Gasteiger partial charge in [-0.1, -0.05) is 0 Å². The first-order valence-electron chi connectivity index (χ1n) is 8.07. The lowest BCUT2D eigenvalue weighted by Gasteiger charge is -2.18. The Hall–Kier alpha value is -1.80. The van der Waals surface area contributed by atoms with Crippen LogP contribution in [0.15, 0.2) is 12.7 Å². The lowest BCUT2D eigenvalue weighted by molar-refractivity contribution is -0.119. The Kier molecular flexibility index (Phi) is 6.19. The van der Waals surface area contributed by atoms with Crippen LogP contribution in [-0.2, 0) is 18.6 Å². The SMILES string of the molecule is Nc1ncnc2c1ncn2[C@@H]1O[C@H](COP(=O)(O)NC(=O)CCS)[C@@H](O)[C@H]1O. The highest BCUT2D eigenvalue weighted by Crippen LogP contribution is 2.39. The first-order valence-corrected chi connectivity index (χ1v) is 10.3. The van der Waals surface area contributed by atoms with Crippen LogP contribution < -0.4 is 10.8 Å². The Balaban J connectivity index is 1.69. The van der Waals surface area contributed by atoms with E-state index in [0.29, 0.717) is 5.52 Å². The number of nitrogens with zero attached hydrogens (tertiary/aromatic N) is 4. The topological polar surface area (TPSA) is 195 Å². The number of amides is 1. The van der Waals surface area contributed by atoms with E-state index >= 15 is 0 Å². The van der Waals surface area contributed by atoms with E-state index in [1.54, 1.807) is 0 Å². The lowest BCUT2D eigenvalue weighted by Crippen LogP contribution is -2.34. The van der Waals surface area contributed by atoms with E-state index < -0.39 is 44.8 Å². The smallest absolute Gasteiger partial charge is 0.387 e. The van der Waals surface area contributed by atoms with Crippen molar-refractivity contribution in [1.82, 2.24) is 24.6 Å². The van der Waals surface area contributed by atoms with Gasteiger partial charge in [-0.3, -0.25) is 19.0 Å². The van der Waals surface area contributed by atoms with Gasteiger partial charge < -0.3 is 25.6 Å². The number of imidazole rings is 1. The van der Waals surface area contributed by atoms with Gasteiger partial charge in [-0.2, -0.15) is 12.6 Å². The van der Waals surface area contributed by atoms with Crippen LogP contribution in [0.4, 0.5) is 5.82 Å². The van der Waals surface area contributed by atoms with Crippen LogP contribution in [0.2, 0.25) is 0 Å². The molecule has 0 spiro atoms. The van der Waals surface area contributed by atoms with Crippen molar-refractivity contribution < 1.29 is 33.7 Å². The molecule has 15 heteroatoms. The lowest BCUT2D eigenvalue weighted by atomic mass is 10.1. The molecule has 1 fully saturated rings. The number of carbonyl (C=O) groups excluding carboxylic acids is 1. The maximum Gasteiger partial charge on any atom is 0.432 e. The first kappa shape index (κ1) is 20.9. The number of aliphatic hydroxyl groups excluding tert-OH is 2. The van der Waals surface area contributed by atoms with Crippen molar-refractivity contribution in [2.45, 2.75) is 31.0 Å². The molecule has 1 aliphatic rings. The highest BCUT2D eigenvalue weighted by molar-refractivity contribution is 7.80. The monoisotopic (exact) mass is 434 g/mol. The number of rotatable bonds is 7. The molecular weight excluding hydrogens is 415 g/mol. The molecule has 13 nitrogen and oxygen atoms in total. The summed E-state index contributed by atoms with van der Waals surface area (Å²) in [6, 6.07) is 0. The minimum Gasteiger partial charge on any atom is -0.387 e. The molecule has 2 aromatic rings. The van der Waals surface area contributed by atoms with Gasteiger partial charge in [0.1, 0.15) is 30.2 Å². The third-order valence-electron chi connectivity index (χ3n) is 4.02. The Morgan fingerprint density at radius 3 is 2.86 bits per heavy atom. The van der Waals surface area contributed by atoms with Crippen molar-refractivity contribution in [1.29, 1.82) is 0 Å². The summed E-state index contributed by atoms with van der Waals surface area (Å²) < 4.78 is 23.6. The molecule has 3 rings (SSSR count). The van der Waals surface area contributed by atoms with E-state index in [2.05, 4.69) is 27.6 Å². The van der Waals surface area contributed by atoms with Gasteiger partial charge >= 0.3 is 7.75 Å². The summed E-state index contributed by atoms with van der Waals surface area (Å²) in [5, 5.41) is 22.3. The molecular formula is C13H19N6O7PS. The number of thiol groups is 1. The molecule has 1 aliphatic heterocycles. The van der Waals surface area contributed by atoms with Crippen molar-refractivity contribution in [3.05, 3.63) is 12.7 Å². The average molecular weight is 434 g/mol. The molecule has 0 radical (unpaired) electrons. The van der Waals surface area contributed by atoms with E-state index in [0.717, 1.165) is 0 Å². The second-order valence-corrected chi connectivity index (χ2v) is 7.92. The number of nitrogen functional groups attached to an aromatic ring is 1. The molecule has 0 saturated carbocycles. The molecule has 154 valence electrons. The van der Waals surface area contributed by atoms with E-state index in [1.807, 2.05) is 5.09 Å². The van der Waals surface area contributed by atoms with Crippen LogP contribution in [0.5, 0.6) is 0 Å². The molecule has 3 heterocycles. The molecule has 28 heavy (non-hydrogen) atoms. The molecule has 0 bridgehead atoms. The van der Waals surface area contributed by atoms with Gasteiger partial charge in [0.2, 0.25) is 5.91 Å². The van der Waals surface area contributed by atoms with Crippen LogP contribution in [0.25, 0.3) is 11.2 Å². The summed E-state index contributed by atoms with van der Waals surface area (Å²) in [4.78, 5) is 33.0. The Morgan fingerprint density at radius 2 is 2.14 bits per heavy atom. The van der Waals surface area contributed by atoms with Crippen molar-refractivity contribution in [3.8, 4) is 0 Å². The zero-order valence-electron chi connectivity index (χ0n) is 14.3. The molecule has 2 aromatic heterocycles. The summed E-state index contributed by atoms with van der Waals surface area (Å²) in [5.74, 6) is -0.388. The van der Waals surface area contributed by atoms with E-state index in [1.165, 1.54) is 17.2 Å². The number of nitrogens with two attached hydrogens (primary N) is 1. The summed E-state index contributed by atoms with van der Waals surface area (Å²) in [7, 11) is -4.47. The van der Waals surface area contributed by atoms with Gasteiger partial charge in [0.05, 0.1) is 12.9 Å². The van der Waals surface area contributed by atoms with Crippen molar-refractivity contribution in [2.24, 2.45) is 0 Å². The van der Waals surface area contributed by atoms with Crippen LogP contribution in [0.1, 0.15) is 12.6 Å². The van der Waals surface area contributed by atoms with Gasteiger partial charge in [0.15, 0.2) is 17.7 Å². The number of nitrogens with one attached hydrogen (secondary N) is 1. The minimum atomic E-state index is -4.47. The van der Waals surface area contributed by atoms with Crippen LogP contribution in [0.3, 0.4) is 0 Å². The van der Waals surface area contributed by atoms with Gasteiger partial charge in [0, 0.05) is 6.42 Å². The fourth-order valence-electron chi connectivity index (χ4n) is 2.67. The summed E-state index contributed by atoms with van der Waals surface area (Å²) in [6.45, 7) is -0.562. The fraction of sp³-hybridized carbons (Fsp3) is 0.538. The Bertz CT molecular complexity index is 913. The largest absolute Gasteiger partial charge is 0.432 e. The third-order valence-corrected chi connectivity index (χ3v) is 5.27. The van der Waals surface area contributed by atoms with Crippen molar-refractivity contribution in [2.75, 3.05) is 18.1 Å². The van der Waals surface area contributed by atoms with Crippen LogP contribution >= 0.6 is 20.4 Å². The number of aromatic nitrogens is 4. The fourth-order valence-corrected chi connectivity index (χ4v) is 3.72. The first-order chi connectivity index (χ1) is 13.2. The van der Waals surface area contributed by atoms with Crippen LogP contribution in [0, 0.1) is 0 Å². The highest BCUT2D eigenvalue weighted by Gasteiger charge is 2.45. The number of aliphatic hydroxyl groups is 2. The number of anilines is 1. The molecule has 5 atom stereocenters. The molecule has 0 aliphatic carbocycles. The highest BCUT2D eigenvalue weighted by atomic mass is 32.1. The molecule has 1 unspecified atom stereocenters. The standard InChI is InChI=1S/C13H19N6O7PS/c14-11-8-12(16-4-15-11)19(5-17-8)13-10(22)9(21)6(26-13)3-25-27(23,24)18-7(20)1-2-28/h4-6,9-10,13,21-22,28H,1-3H2,(H2,14,15,16)(H2,18,20,23,24)/t6-,9-,10-,13-/m1/s1. The minimum absolute atomic E-state index is 0.0704. The predicted molar refractivity (Wildman–Crippen MR) is 98.0 cm³/mol. The zero-order chi connectivity index (χ0) is 20.5. The van der Waals surface area contributed by atoms with E-state index in [-0.39, 0.29) is 23.6 Å².